The Hall–Kier alpha value is 0.177. The van der Waals surface area contributed by atoms with Crippen LogP contribution in [0.2, 0.25) is 18.1 Å². The van der Waals surface area contributed by atoms with Gasteiger partial charge < -0.3 is 4.43 Å². The van der Waals surface area contributed by atoms with Crippen LogP contribution in [0.4, 0.5) is 0 Å². The van der Waals surface area contributed by atoms with E-state index < -0.39 is 8.32 Å². The van der Waals surface area contributed by atoms with Gasteiger partial charge in [-0.3, -0.25) is 0 Å². The van der Waals surface area contributed by atoms with Crippen molar-refractivity contribution in [1.29, 1.82) is 0 Å². The zero-order chi connectivity index (χ0) is 13.6. The molecule has 0 N–H and O–H groups in total. The average Bonchev–Trinajstić information content (AvgIpc) is 1.95. The summed E-state index contributed by atoms with van der Waals surface area (Å²) in [5, 5.41) is 0. The summed E-state index contributed by atoms with van der Waals surface area (Å²) in [6.07, 6.45) is 0.387. The number of hydrogen-bond acceptors (Lipinski definition) is 1. The minimum absolute atomic E-state index is 0.387. The lowest BCUT2D eigenvalue weighted by Gasteiger charge is -2.37. The second-order valence-corrected chi connectivity index (χ2v) is 11.0. The molecule has 0 fully saturated rings. The van der Waals surface area contributed by atoms with E-state index in [4.69, 9.17) is 4.43 Å². The van der Waals surface area contributed by atoms with Crippen molar-refractivity contribution in [2.75, 3.05) is 0 Å². The van der Waals surface area contributed by atoms with Gasteiger partial charge in [0.2, 0.25) is 0 Å². The normalized spacial score (nSPS) is 13.4. The lowest BCUT2D eigenvalue weighted by atomic mass is 10.2. The highest BCUT2D eigenvalue weighted by molar-refractivity contribution is 6.74. The number of rotatable bonds is 8. The van der Waals surface area contributed by atoms with Crippen LogP contribution in [0.3, 0.4) is 0 Å². The molecular weight excluding hydrogens is 224 g/mol. The fourth-order valence-electron chi connectivity index (χ4n) is 3.13. The van der Waals surface area contributed by atoms with E-state index in [-0.39, 0.29) is 0 Å². The Balaban J connectivity index is 4.89. The average molecular weight is 259 g/mol. The second-order valence-electron chi connectivity index (χ2n) is 7.14. The van der Waals surface area contributed by atoms with Gasteiger partial charge in [-0.05, 0) is 49.7 Å². The summed E-state index contributed by atoms with van der Waals surface area (Å²) in [4.78, 5) is 0. The Morgan fingerprint density at radius 1 is 0.647 bits per heavy atom. The maximum Gasteiger partial charge on any atom is 0.193 e. The molecule has 0 saturated carbocycles. The van der Waals surface area contributed by atoms with Crippen molar-refractivity contribution in [1.82, 2.24) is 0 Å². The van der Waals surface area contributed by atoms with Gasteiger partial charge in [-0.1, -0.05) is 41.5 Å². The molecule has 0 saturated heterocycles. The van der Waals surface area contributed by atoms with Gasteiger partial charge in [0, 0.05) is 6.10 Å². The molecule has 17 heavy (non-hydrogen) atoms. The summed E-state index contributed by atoms with van der Waals surface area (Å²) in [6.45, 7) is 18.4. The maximum absolute atomic E-state index is 6.51. The molecule has 0 heterocycles. The highest BCUT2D eigenvalue weighted by Crippen LogP contribution is 2.33. The monoisotopic (exact) mass is 258 g/mol. The molecule has 0 aliphatic rings. The van der Waals surface area contributed by atoms with Crippen molar-refractivity contribution in [3.8, 4) is 0 Å². The van der Waals surface area contributed by atoms with Crippen LogP contribution in [0.25, 0.3) is 0 Å². The molecule has 104 valence electrons. The molecule has 0 rings (SSSR count). The third-order valence-electron chi connectivity index (χ3n) is 2.83. The van der Waals surface area contributed by atoms with E-state index in [2.05, 4.69) is 55.4 Å². The molecule has 0 bridgehead atoms. The summed E-state index contributed by atoms with van der Waals surface area (Å²) in [5.41, 5.74) is 0. The predicted octanol–water partition coefficient (Wildman–Crippen LogP) is 5.32. The van der Waals surface area contributed by atoms with E-state index in [9.17, 15) is 0 Å². The first-order valence-corrected chi connectivity index (χ1v) is 9.87. The molecular formula is C15H34OSi. The van der Waals surface area contributed by atoms with E-state index in [0.29, 0.717) is 6.10 Å². The molecule has 2 heteroatoms. The standard InChI is InChI=1S/C15H34OSi/c1-12(2)9-17(10-13(3)4,11-14(5)6)16-15(7)8/h12-15H,9-11H2,1-8H3. The summed E-state index contributed by atoms with van der Waals surface area (Å²) in [7, 11) is -1.55. The Morgan fingerprint density at radius 3 is 1.12 bits per heavy atom. The van der Waals surface area contributed by atoms with Crippen LogP contribution < -0.4 is 0 Å². The van der Waals surface area contributed by atoms with Crippen LogP contribution in [-0.2, 0) is 4.43 Å². The molecule has 0 aromatic carbocycles. The van der Waals surface area contributed by atoms with Gasteiger partial charge in [-0.15, -0.1) is 0 Å². The van der Waals surface area contributed by atoms with Gasteiger partial charge in [-0.2, -0.15) is 0 Å². The molecule has 0 aliphatic heterocycles. The van der Waals surface area contributed by atoms with Gasteiger partial charge in [-0.25, -0.2) is 0 Å². The lowest BCUT2D eigenvalue weighted by Crippen LogP contribution is -2.44. The maximum atomic E-state index is 6.51. The minimum atomic E-state index is -1.55. The zero-order valence-electron chi connectivity index (χ0n) is 13.3. The third-order valence-corrected chi connectivity index (χ3v) is 8.48. The van der Waals surface area contributed by atoms with Crippen LogP contribution in [0.5, 0.6) is 0 Å². The van der Waals surface area contributed by atoms with E-state index in [0.717, 1.165) is 17.8 Å². The fourth-order valence-corrected chi connectivity index (χ4v) is 9.38. The van der Waals surface area contributed by atoms with Gasteiger partial charge in [0.1, 0.15) is 0 Å². The second kappa shape index (κ2) is 7.58. The Bertz CT molecular complexity index is 152. The molecule has 0 aromatic heterocycles. The van der Waals surface area contributed by atoms with Crippen LogP contribution in [0, 0.1) is 17.8 Å². The first kappa shape index (κ1) is 17.2. The van der Waals surface area contributed by atoms with Crippen LogP contribution in [0.15, 0.2) is 0 Å². The first-order chi connectivity index (χ1) is 7.67. The van der Waals surface area contributed by atoms with Crippen LogP contribution >= 0.6 is 0 Å². The van der Waals surface area contributed by atoms with Crippen LogP contribution in [-0.4, -0.2) is 14.4 Å². The van der Waals surface area contributed by atoms with Gasteiger partial charge in [0.15, 0.2) is 8.32 Å². The smallest absolute Gasteiger partial charge is 0.193 e. The molecule has 0 aliphatic carbocycles. The Morgan fingerprint density at radius 2 is 0.941 bits per heavy atom. The Kier molecular flexibility index (Phi) is 7.66. The molecule has 0 radical (unpaired) electrons. The van der Waals surface area contributed by atoms with Crippen molar-refractivity contribution in [3.63, 3.8) is 0 Å². The molecule has 0 spiro atoms. The summed E-state index contributed by atoms with van der Waals surface area (Å²) in [6, 6.07) is 3.96. The van der Waals surface area contributed by atoms with Crippen molar-refractivity contribution in [2.45, 2.75) is 79.6 Å². The highest BCUT2D eigenvalue weighted by Gasteiger charge is 2.37. The van der Waals surface area contributed by atoms with Crippen molar-refractivity contribution >= 4 is 8.32 Å². The van der Waals surface area contributed by atoms with Crippen molar-refractivity contribution in [3.05, 3.63) is 0 Å². The van der Waals surface area contributed by atoms with E-state index in [1.54, 1.807) is 0 Å². The van der Waals surface area contributed by atoms with Crippen LogP contribution in [0.1, 0.15) is 55.4 Å². The molecule has 0 unspecified atom stereocenters. The van der Waals surface area contributed by atoms with Crippen molar-refractivity contribution in [2.24, 2.45) is 17.8 Å². The van der Waals surface area contributed by atoms with Gasteiger partial charge >= 0.3 is 0 Å². The fraction of sp³-hybridized carbons (Fsp3) is 1.00. The van der Waals surface area contributed by atoms with E-state index >= 15 is 0 Å². The molecule has 0 amide bonds. The Labute approximate surface area is 110 Å². The van der Waals surface area contributed by atoms with E-state index in [1.165, 1.54) is 18.1 Å². The van der Waals surface area contributed by atoms with Gasteiger partial charge in [0.25, 0.3) is 0 Å². The molecule has 1 nitrogen and oxygen atoms in total. The van der Waals surface area contributed by atoms with Crippen molar-refractivity contribution < 1.29 is 4.43 Å². The molecule has 0 aromatic rings. The minimum Gasteiger partial charge on any atom is -0.414 e. The third kappa shape index (κ3) is 7.99. The summed E-state index contributed by atoms with van der Waals surface area (Å²) in [5.74, 6) is 2.29. The first-order valence-electron chi connectivity index (χ1n) is 7.34. The lowest BCUT2D eigenvalue weighted by molar-refractivity contribution is 0.215. The zero-order valence-corrected chi connectivity index (χ0v) is 14.3. The quantitative estimate of drug-likeness (QED) is 0.535. The summed E-state index contributed by atoms with van der Waals surface area (Å²) < 4.78 is 6.51. The van der Waals surface area contributed by atoms with E-state index in [1.807, 2.05) is 0 Å². The number of hydrogen-bond donors (Lipinski definition) is 0. The predicted molar refractivity (Wildman–Crippen MR) is 80.9 cm³/mol. The SMILES string of the molecule is CC(C)C[Si](CC(C)C)(CC(C)C)OC(C)C. The largest absolute Gasteiger partial charge is 0.414 e. The summed E-state index contributed by atoms with van der Waals surface area (Å²) >= 11 is 0. The van der Waals surface area contributed by atoms with Gasteiger partial charge in [0.05, 0.1) is 0 Å². The topological polar surface area (TPSA) is 9.23 Å². The molecule has 0 atom stereocenters. The highest BCUT2D eigenvalue weighted by atomic mass is 28.4.